The highest BCUT2D eigenvalue weighted by molar-refractivity contribution is 5.92. The molecule has 1 N–H and O–H groups in total. The van der Waals surface area contributed by atoms with Crippen LogP contribution in [-0.4, -0.2) is 17.5 Å². The number of aliphatic hydroxyl groups excluding tert-OH is 1. The Morgan fingerprint density at radius 3 is 2.87 bits per heavy atom. The fraction of sp³-hybridized carbons (Fsp3) is 0.667. The standard InChI is InChI=1S/C21H28O2/c1-20-11-8-19-17(18(20)6-4-14(20)9-12-22)5-3-15-13-16(23)7-10-21(15,19)2/h8-9,13,17-18,22H,3-7,10-12H2,1-2H3/b14-9-/t17-,18-,20+,21-/m0/s1. The molecule has 0 amide bonds. The Labute approximate surface area is 139 Å². The van der Waals surface area contributed by atoms with Crippen LogP contribution < -0.4 is 0 Å². The zero-order chi connectivity index (χ0) is 16.2. The topological polar surface area (TPSA) is 37.3 Å². The maximum atomic E-state index is 11.8. The van der Waals surface area contributed by atoms with E-state index in [1.165, 1.54) is 24.0 Å². The van der Waals surface area contributed by atoms with Crippen molar-refractivity contribution in [1.82, 2.24) is 0 Å². The summed E-state index contributed by atoms with van der Waals surface area (Å²) in [5.41, 5.74) is 4.89. The Bertz CT molecular complexity index is 638. The molecule has 0 aromatic rings. The van der Waals surface area contributed by atoms with Gasteiger partial charge in [0.2, 0.25) is 0 Å². The second-order valence-electron chi connectivity index (χ2n) is 8.45. The average Bonchev–Trinajstić information content (AvgIpc) is 2.85. The number of hydrogen-bond acceptors (Lipinski definition) is 2. The van der Waals surface area contributed by atoms with Gasteiger partial charge in [-0.15, -0.1) is 0 Å². The van der Waals surface area contributed by atoms with Gasteiger partial charge in [0, 0.05) is 11.8 Å². The van der Waals surface area contributed by atoms with Crippen LogP contribution >= 0.6 is 0 Å². The summed E-state index contributed by atoms with van der Waals surface area (Å²) in [7, 11) is 0. The fourth-order valence-electron chi connectivity index (χ4n) is 6.16. The van der Waals surface area contributed by atoms with Crippen LogP contribution in [0.4, 0.5) is 0 Å². The average molecular weight is 312 g/mol. The number of hydrogen-bond donors (Lipinski definition) is 1. The lowest BCUT2D eigenvalue weighted by Crippen LogP contribution is -2.43. The molecule has 0 heterocycles. The SMILES string of the molecule is C[C@]12CCC(=O)C=C1CC[C@@H]1C2=CC[C@]2(C)/C(=C\CO)CC[C@@H]12. The zero-order valence-electron chi connectivity index (χ0n) is 14.4. The van der Waals surface area contributed by atoms with Gasteiger partial charge in [-0.25, -0.2) is 0 Å². The molecule has 0 saturated heterocycles. The number of allylic oxidation sites excluding steroid dienone is 5. The van der Waals surface area contributed by atoms with E-state index in [2.05, 4.69) is 26.0 Å². The van der Waals surface area contributed by atoms with Crippen LogP contribution in [0.15, 0.2) is 34.9 Å². The molecule has 0 unspecified atom stereocenters. The minimum atomic E-state index is 0.140. The van der Waals surface area contributed by atoms with E-state index in [0.29, 0.717) is 18.1 Å². The summed E-state index contributed by atoms with van der Waals surface area (Å²) >= 11 is 0. The Kier molecular flexibility index (Phi) is 3.46. The third-order valence-corrected chi connectivity index (χ3v) is 7.52. The molecule has 4 atom stereocenters. The molecule has 2 nitrogen and oxygen atoms in total. The molecule has 2 fully saturated rings. The van der Waals surface area contributed by atoms with Crippen molar-refractivity contribution in [2.45, 2.75) is 58.8 Å². The fourth-order valence-corrected chi connectivity index (χ4v) is 6.16. The van der Waals surface area contributed by atoms with Crippen molar-refractivity contribution in [3.8, 4) is 0 Å². The Hall–Kier alpha value is -1.15. The third kappa shape index (κ3) is 2.07. The Balaban J connectivity index is 1.74. The summed E-state index contributed by atoms with van der Waals surface area (Å²) in [4.78, 5) is 11.8. The van der Waals surface area contributed by atoms with Crippen molar-refractivity contribution in [2.75, 3.05) is 6.61 Å². The molecular weight excluding hydrogens is 284 g/mol. The van der Waals surface area contributed by atoms with E-state index in [0.717, 1.165) is 31.6 Å². The number of carbonyl (C=O) groups excluding carboxylic acids is 1. The summed E-state index contributed by atoms with van der Waals surface area (Å²) in [5, 5.41) is 9.35. The van der Waals surface area contributed by atoms with Gasteiger partial charge in [0.15, 0.2) is 5.78 Å². The van der Waals surface area contributed by atoms with Crippen molar-refractivity contribution in [3.63, 3.8) is 0 Å². The minimum absolute atomic E-state index is 0.140. The zero-order valence-corrected chi connectivity index (χ0v) is 14.4. The van der Waals surface area contributed by atoms with Crippen molar-refractivity contribution >= 4 is 5.78 Å². The molecule has 0 aromatic carbocycles. The summed E-state index contributed by atoms with van der Waals surface area (Å²) in [6, 6.07) is 0. The second-order valence-corrected chi connectivity index (χ2v) is 8.45. The minimum Gasteiger partial charge on any atom is -0.392 e. The van der Waals surface area contributed by atoms with Crippen LogP contribution in [0.5, 0.6) is 0 Å². The normalized spacial score (nSPS) is 44.3. The maximum absolute atomic E-state index is 11.8. The summed E-state index contributed by atoms with van der Waals surface area (Å²) in [6.45, 7) is 4.97. The van der Waals surface area contributed by atoms with Crippen molar-refractivity contribution in [3.05, 3.63) is 34.9 Å². The Morgan fingerprint density at radius 2 is 2.09 bits per heavy atom. The summed E-state index contributed by atoms with van der Waals surface area (Å²) in [5.74, 6) is 1.72. The van der Waals surface area contributed by atoms with Crippen LogP contribution in [0.25, 0.3) is 0 Å². The third-order valence-electron chi connectivity index (χ3n) is 7.52. The Morgan fingerprint density at radius 1 is 1.26 bits per heavy atom. The van der Waals surface area contributed by atoms with Crippen LogP contribution in [0.3, 0.4) is 0 Å². The largest absolute Gasteiger partial charge is 0.392 e. The van der Waals surface area contributed by atoms with Gasteiger partial charge in [-0.3, -0.25) is 4.79 Å². The first kappa shape index (κ1) is 15.4. The molecule has 0 spiro atoms. The number of carbonyl (C=O) groups is 1. The van der Waals surface area contributed by atoms with Crippen LogP contribution in [0.1, 0.15) is 58.8 Å². The number of aliphatic hydroxyl groups is 1. The molecule has 2 heteroatoms. The van der Waals surface area contributed by atoms with E-state index in [1.807, 2.05) is 6.08 Å². The first-order chi connectivity index (χ1) is 11.0. The second kappa shape index (κ2) is 5.17. The molecule has 0 aromatic heterocycles. The van der Waals surface area contributed by atoms with E-state index in [4.69, 9.17) is 0 Å². The van der Waals surface area contributed by atoms with Gasteiger partial charge < -0.3 is 5.11 Å². The lowest BCUT2D eigenvalue weighted by atomic mass is 9.52. The van der Waals surface area contributed by atoms with Gasteiger partial charge in [-0.1, -0.05) is 42.7 Å². The van der Waals surface area contributed by atoms with Crippen molar-refractivity contribution < 1.29 is 9.90 Å². The first-order valence-electron chi connectivity index (χ1n) is 9.24. The first-order valence-corrected chi connectivity index (χ1v) is 9.24. The van der Waals surface area contributed by atoms with Gasteiger partial charge in [-0.2, -0.15) is 0 Å². The molecule has 0 bridgehead atoms. The molecule has 23 heavy (non-hydrogen) atoms. The molecule has 4 aliphatic carbocycles. The highest BCUT2D eigenvalue weighted by Gasteiger charge is 2.53. The number of rotatable bonds is 1. The summed E-state index contributed by atoms with van der Waals surface area (Å²) < 4.78 is 0. The lowest BCUT2D eigenvalue weighted by Gasteiger charge is -2.52. The monoisotopic (exact) mass is 312 g/mol. The molecule has 4 aliphatic rings. The van der Waals surface area contributed by atoms with Crippen molar-refractivity contribution in [2.24, 2.45) is 22.7 Å². The van der Waals surface area contributed by atoms with E-state index < -0.39 is 0 Å². The van der Waals surface area contributed by atoms with Gasteiger partial charge in [0.25, 0.3) is 0 Å². The molecule has 0 aliphatic heterocycles. The molecule has 0 radical (unpaired) electrons. The van der Waals surface area contributed by atoms with E-state index >= 15 is 0 Å². The quantitative estimate of drug-likeness (QED) is 0.731. The van der Waals surface area contributed by atoms with E-state index in [-0.39, 0.29) is 17.4 Å². The predicted molar refractivity (Wildman–Crippen MR) is 91.9 cm³/mol. The van der Waals surface area contributed by atoms with Gasteiger partial charge in [0.05, 0.1) is 6.61 Å². The van der Waals surface area contributed by atoms with E-state index in [9.17, 15) is 9.90 Å². The summed E-state index contributed by atoms with van der Waals surface area (Å²) in [6.07, 6.45) is 14.1. The highest BCUT2D eigenvalue weighted by Crippen LogP contribution is 2.64. The smallest absolute Gasteiger partial charge is 0.155 e. The number of fused-ring (bicyclic) bond motifs is 5. The van der Waals surface area contributed by atoms with Gasteiger partial charge in [-0.05, 0) is 61.9 Å². The molecule has 124 valence electrons. The molecule has 2 saturated carbocycles. The maximum Gasteiger partial charge on any atom is 0.155 e. The van der Waals surface area contributed by atoms with Crippen LogP contribution in [0, 0.1) is 22.7 Å². The van der Waals surface area contributed by atoms with Gasteiger partial charge >= 0.3 is 0 Å². The molecular formula is C21H28O2. The number of ketones is 1. The highest BCUT2D eigenvalue weighted by atomic mass is 16.2. The van der Waals surface area contributed by atoms with Crippen molar-refractivity contribution in [1.29, 1.82) is 0 Å². The lowest BCUT2D eigenvalue weighted by molar-refractivity contribution is -0.115. The van der Waals surface area contributed by atoms with E-state index in [1.54, 1.807) is 5.57 Å². The van der Waals surface area contributed by atoms with Crippen LogP contribution in [-0.2, 0) is 4.79 Å². The van der Waals surface area contributed by atoms with Gasteiger partial charge in [0.1, 0.15) is 0 Å². The molecule has 4 rings (SSSR count). The van der Waals surface area contributed by atoms with Crippen LogP contribution in [0.2, 0.25) is 0 Å². The predicted octanol–water partition coefficient (Wildman–Crippen LogP) is 4.36.